The molecule has 1 aliphatic heterocycles. The molecule has 0 saturated carbocycles. The highest BCUT2D eigenvalue weighted by atomic mass is 31.2. The van der Waals surface area contributed by atoms with Gasteiger partial charge in [0.2, 0.25) is 0 Å². The van der Waals surface area contributed by atoms with Crippen LogP contribution in [0.2, 0.25) is 0 Å². The molecular formula is C34H34FN6O7P. The Bertz CT molecular complexity index is 1890. The molecule has 0 aliphatic carbocycles. The van der Waals surface area contributed by atoms with Gasteiger partial charge in [0, 0.05) is 0 Å². The second-order valence-electron chi connectivity index (χ2n) is 11.0. The molecule has 1 saturated heterocycles. The van der Waals surface area contributed by atoms with Gasteiger partial charge in [0.15, 0.2) is 23.6 Å². The number of methoxy groups -OCH3 is 2. The van der Waals surface area contributed by atoms with Crippen molar-refractivity contribution in [2.75, 3.05) is 27.4 Å². The molecule has 15 heteroatoms. The molecule has 49 heavy (non-hydrogen) atoms. The lowest BCUT2D eigenvalue weighted by atomic mass is 9.80. The number of hydrogen-bond donors (Lipinski definition) is 2. The minimum atomic E-state index is -2.10. The molecule has 3 N–H and O–H groups in total. The monoisotopic (exact) mass is 688 g/mol. The maximum Gasteiger partial charge on any atom is 0.278 e. The molecular weight excluding hydrogens is 654 g/mol. The summed E-state index contributed by atoms with van der Waals surface area (Å²) in [5.74, 6) is 1.31. The van der Waals surface area contributed by atoms with Crippen molar-refractivity contribution in [2.45, 2.75) is 36.6 Å². The number of rotatable bonds is 14. The first-order valence-electron chi connectivity index (χ1n) is 15.3. The van der Waals surface area contributed by atoms with Crippen LogP contribution in [0.1, 0.15) is 29.3 Å². The van der Waals surface area contributed by atoms with Gasteiger partial charge in [-0.3, -0.25) is 14.9 Å². The summed E-state index contributed by atoms with van der Waals surface area (Å²) in [5.41, 5.74) is 6.91. The van der Waals surface area contributed by atoms with E-state index in [0.717, 1.165) is 16.7 Å². The van der Waals surface area contributed by atoms with E-state index in [9.17, 15) is 4.79 Å². The zero-order valence-electron chi connectivity index (χ0n) is 26.6. The highest BCUT2D eigenvalue weighted by Gasteiger charge is 2.50. The number of benzene rings is 3. The molecule has 5 aromatic rings. The van der Waals surface area contributed by atoms with Crippen LogP contribution in [-0.2, 0) is 24.1 Å². The lowest BCUT2D eigenvalue weighted by molar-refractivity contribution is -0.0912. The highest BCUT2D eigenvalue weighted by molar-refractivity contribution is 7.44. The number of aromatic nitrogens is 4. The van der Waals surface area contributed by atoms with Gasteiger partial charge >= 0.3 is 0 Å². The molecule has 1 fully saturated rings. The SMILES string of the molecule is COc1ccc(C(OCC2OC(n3cnc4c(=O)[nH]cnc43)C(F)C2OP(N)OCCC#N)(c2ccccc2)c2ccc(OC)cc2)cc1. The lowest BCUT2D eigenvalue weighted by Crippen LogP contribution is -2.40. The quantitative estimate of drug-likeness (QED) is 0.0927. The third-order valence-corrected chi connectivity index (χ3v) is 9.09. The number of halogens is 1. The number of fused-ring (bicyclic) bond motifs is 1. The number of hydrogen-bond acceptors (Lipinski definition) is 11. The van der Waals surface area contributed by atoms with E-state index >= 15 is 4.39 Å². The van der Waals surface area contributed by atoms with E-state index in [0.29, 0.717) is 11.5 Å². The maximum absolute atomic E-state index is 16.5. The van der Waals surface area contributed by atoms with Gasteiger partial charge in [-0.25, -0.2) is 14.4 Å². The van der Waals surface area contributed by atoms with E-state index in [4.69, 9.17) is 38.8 Å². The molecule has 0 radical (unpaired) electrons. The average molecular weight is 689 g/mol. The number of nitrogens with two attached hydrogens (primary N) is 1. The zero-order valence-corrected chi connectivity index (χ0v) is 27.5. The number of nitriles is 1. The normalized spacial score (nSPS) is 19.8. The Morgan fingerprint density at radius 2 is 1.63 bits per heavy atom. The van der Waals surface area contributed by atoms with Crippen LogP contribution in [0.4, 0.5) is 4.39 Å². The van der Waals surface area contributed by atoms with Crippen molar-refractivity contribution in [1.82, 2.24) is 19.5 Å². The Kier molecular flexibility index (Phi) is 10.6. The topological polar surface area (TPSA) is 169 Å². The molecule has 254 valence electrons. The molecule has 5 unspecified atom stereocenters. The van der Waals surface area contributed by atoms with Gasteiger partial charge < -0.3 is 33.0 Å². The van der Waals surface area contributed by atoms with Crippen LogP contribution in [0.3, 0.4) is 0 Å². The summed E-state index contributed by atoms with van der Waals surface area (Å²) in [4.78, 5) is 23.2. The Morgan fingerprint density at radius 1 is 1.00 bits per heavy atom. The third-order valence-electron chi connectivity index (χ3n) is 8.20. The summed E-state index contributed by atoms with van der Waals surface area (Å²) in [7, 11) is 1.07. The van der Waals surface area contributed by atoms with Crippen LogP contribution in [0.5, 0.6) is 11.5 Å². The van der Waals surface area contributed by atoms with Crippen LogP contribution in [0.15, 0.2) is 96.3 Å². The van der Waals surface area contributed by atoms with Crippen molar-refractivity contribution in [3.63, 3.8) is 0 Å². The summed E-state index contributed by atoms with van der Waals surface area (Å²) in [6.45, 7) is -0.171. The molecule has 6 rings (SSSR count). The number of ether oxygens (including phenoxy) is 4. The molecule has 5 atom stereocenters. The van der Waals surface area contributed by atoms with E-state index in [1.165, 1.54) is 17.2 Å². The van der Waals surface area contributed by atoms with E-state index in [1.807, 2.05) is 84.9 Å². The van der Waals surface area contributed by atoms with Gasteiger partial charge in [-0.1, -0.05) is 54.6 Å². The number of alkyl halides is 1. The van der Waals surface area contributed by atoms with Gasteiger partial charge in [-0.15, -0.1) is 0 Å². The first-order chi connectivity index (χ1) is 23.9. The Morgan fingerprint density at radius 3 is 2.24 bits per heavy atom. The average Bonchev–Trinajstić information content (AvgIpc) is 3.70. The zero-order chi connectivity index (χ0) is 34.4. The van der Waals surface area contributed by atoms with Gasteiger partial charge in [0.25, 0.3) is 14.1 Å². The van der Waals surface area contributed by atoms with Crippen molar-refractivity contribution in [3.05, 3.63) is 119 Å². The minimum absolute atomic E-state index is 0.0126. The Balaban J connectivity index is 1.41. The summed E-state index contributed by atoms with van der Waals surface area (Å²) in [6.07, 6.45) is -2.84. The lowest BCUT2D eigenvalue weighted by Gasteiger charge is -2.37. The van der Waals surface area contributed by atoms with E-state index in [-0.39, 0.29) is 30.8 Å². The van der Waals surface area contributed by atoms with Gasteiger partial charge in [0.1, 0.15) is 29.3 Å². The van der Waals surface area contributed by atoms with Crippen molar-refractivity contribution in [3.8, 4) is 17.6 Å². The maximum atomic E-state index is 16.5. The summed E-state index contributed by atoms with van der Waals surface area (Å²) in [6, 6.07) is 26.6. The molecule has 0 spiro atoms. The number of nitrogens with one attached hydrogen (secondary N) is 1. The van der Waals surface area contributed by atoms with Crippen LogP contribution in [0, 0.1) is 11.3 Å². The fraction of sp³-hybridized carbons (Fsp3) is 0.294. The van der Waals surface area contributed by atoms with E-state index < -0.39 is 44.3 Å². The molecule has 1 aliphatic rings. The van der Waals surface area contributed by atoms with E-state index in [2.05, 4.69) is 15.0 Å². The van der Waals surface area contributed by atoms with Crippen LogP contribution in [-0.4, -0.2) is 65.3 Å². The predicted octanol–water partition coefficient (Wildman–Crippen LogP) is 4.88. The number of imidazole rings is 1. The van der Waals surface area contributed by atoms with Crippen molar-refractivity contribution >= 4 is 19.7 Å². The number of H-pyrrole nitrogens is 1. The molecule has 2 aromatic heterocycles. The fourth-order valence-corrected chi connectivity index (χ4v) is 6.66. The van der Waals surface area contributed by atoms with Crippen molar-refractivity contribution in [2.24, 2.45) is 5.50 Å². The summed E-state index contributed by atoms with van der Waals surface area (Å²) in [5, 5.41) is 8.93. The predicted molar refractivity (Wildman–Crippen MR) is 177 cm³/mol. The molecule has 13 nitrogen and oxygen atoms in total. The highest BCUT2D eigenvalue weighted by Crippen LogP contribution is 2.45. The van der Waals surface area contributed by atoms with Crippen molar-refractivity contribution in [1.29, 1.82) is 5.26 Å². The Hall–Kier alpha value is -4.74. The van der Waals surface area contributed by atoms with E-state index in [1.54, 1.807) is 14.2 Å². The second kappa shape index (κ2) is 15.2. The first kappa shape index (κ1) is 34.1. The summed E-state index contributed by atoms with van der Waals surface area (Å²) < 4.78 is 53.5. The number of aromatic amines is 1. The third kappa shape index (κ3) is 6.91. The molecule has 0 amide bonds. The fourth-order valence-electron chi connectivity index (χ4n) is 5.84. The van der Waals surface area contributed by atoms with Gasteiger partial charge in [-0.2, -0.15) is 5.26 Å². The first-order valence-corrected chi connectivity index (χ1v) is 16.5. The molecule has 3 aromatic carbocycles. The van der Waals surface area contributed by atoms with Crippen molar-refractivity contribution < 1.29 is 32.4 Å². The second-order valence-corrected chi connectivity index (χ2v) is 12.0. The summed E-state index contributed by atoms with van der Waals surface area (Å²) >= 11 is 0. The molecule has 3 heterocycles. The van der Waals surface area contributed by atoms with Crippen LogP contribution >= 0.6 is 8.53 Å². The number of nitrogens with zero attached hydrogens (tertiary/aromatic N) is 4. The van der Waals surface area contributed by atoms with Crippen LogP contribution in [0.25, 0.3) is 11.2 Å². The largest absolute Gasteiger partial charge is 0.497 e. The minimum Gasteiger partial charge on any atom is -0.497 e. The van der Waals surface area contributed by atoms with Gasteiger partial charge in [0.05, 0.1) is 52.6 Å². The standard InChI is InChI=1S/C34H34FN6O7P/c1-43-25-13-9-23(10-14-25)34(22-7-4-3-5-8-22,24-11-15-26(44-2)16-12-24)45-19-27-30(48-49(37)46-18-6-17-36)28(35)33(47-27)41-21-40-29-31(41)38-20-39-32(29)42/h3-5,7-16,20-21,27-28,30,33H,6,18-19,37H2,1-2H3,(H,38,39,42). The smallest absolute Gasteiger partial charge is 0.278 e. The molecule has 0 bridgehead atoms. The van der Waals surface area contributed by atoms with Gasteiger partial charge in [-0.05, 0) is 41.0 Å². The van der Waals surface area contributed by atoms with Crippen LogP contribution < -0.4 is 20.5 Å². The Labute approximate surface area is 282 Å².